The summed E-state index contributed by atoms with van der Waals surface area (Å²) in [6.45, 7) is 2.43. The van der Waals surface area contributed by atoms with Crippen molar-refractivity contribution in [3.63, 3.8) is 0 Å². The zero-order valence-corrected chi connectivity index (χ0v) is 13.5. The molecule has 0 aliphatic carbocycles. The Morgan fingerprint density at radius 2 is 2.21 bits per heavy atom. The van der Waals surface area contributed by atoms with Gasteiger partial charge in [-0.3, -0.25) is 4.79 Å². The Balaban J connectivity index is 0.00000324. The van der Waals surface area contributed by atoms with Crippen LogP contribution in [0, 0.1) is 0 Å². The van der Waals surface area contributed by atoms with Crippen LogP contribution in [-0.2, 0) is 10.5 Å². The Hall–Kier alpha value is -0.420. The summed E-state index contributed by atoms with van der Waals surface area (Å²) in [6.07, 6.45) is 0. The van der Waals surface area contributed by atoms with Crippen molar-refractivity contribution in [1.82, 2.24) is 4.90 Å². The number of carbonyl (C=O) groups excluding carboxylic acids is 1. The Kier molecular flexibility index (Phi) is 9.27. The second kappa shape index (κ2) is 9.48. The number of benzene rings is 1. The number of hydrogen-bond acceptors (Lipinski definition) is 3. The van der Waals surface area contributed by atoms with Crippen molar-refractivity contribution >= 4 is 41.7 Å². The van der Waals surface area contributed by atoms with Crippen LogP contribution in [0.5, 0.6) is 0 Å². The quantitative estimate of drug-likeness (QED) is 0.876. The third kappa shape index (κ3) is 6.52. The van der Waals surface area contributed by atoms with Crippen LogP contribution in [0.2, 0.25) is 5.02 Å². The molecular weight excluding hydrogens is 303 g/mol. The van der Waals surface area contributed by atoms with E-state index >= 15 is 0 Å². The molecule has 1 atom stereocenters. The number of amides is 1. The zero-order chi connectivity index (χ0) is 13.5. The third-order valence-electron chi connectivity index (χ3n) is 2.78. The summed E-state index contributed by atoms with van der Waals surface area (Å²) in [6, 6.07) is 7.78. The van der Waals surface area contributed by atoms with Gasteiger partial charge >= 0.3 is 0 Å². The molecule has 0 heterocycles. The van der Waals surface area contributed by atoms with Gasteiger partial charge in [0.05, 0.1) is 5.75 Å². The van der Waals surface area contributed by atoms with E-state index in [0.717, 1.165) is 16.3 Å². The predicted molar refractivity (Wildman–Crippen MR) is 86.1 cm³/mol. The fraction of sp³-hybridized carbons (Fsp3) is 0.462. The van der Waals surface area contributed by atoms with E-state index in [4.69, 9.17) is 17.3 Å². The lowest BCUT2D eigenvalue weighted by atomic mass is 10.2. The standard InChI is InChI=1S/C13H19ClN2OS.ClH/c1-10(7-15)16(2)13(17)9-18-8-11-4-3-5-12(14)6-11;/h3-6,10H,7-9,15H2,1-2H3;1H. The summed E-state index contributed by atoms with van der Waals surface area (Å²) < 4.78 is 0. The Morgan fingerprint density at radius 1 is 1.53 bits per heavy atom. The molecule has 0 aliphatic heterocycles. The summed E-state index contributed by atoms with van der Waals surface area (Å²) in [5.74, 6) is 1.37. The summed E-state index contributed by atoms with van der Waals surface area (Å²) in [5.41, 5.74) is 6.67. The maximum Gasteiger partial charge on any atom is 0.232 e. The fourth-order valence-corrected chi connectivity index (χ4v) is 2.50. The van der Waals surface area contributed by atoms with Crippen LogP contribution >= 0.6 is 35.8 Å². The second-order valence-electron chi connectivity index (χ2n) is 4.21. The number of nitrogens with two attached hydrogens (primary N) is 1. The number of likely N-dealkylation sites (N-methyl/N-ethyl adjacent to an activating group) is 1. The number of hydrogen-bond donors (Lipinski definition) is 1. The van der Waals surface area contributed by atoms with E-state index in [1.54, 1.807) is 23.7 Å². The lowest BCUT2D eigenvalue weighted by molar-refractivity contribution is -0.128. The molecule has 0 aliphatic rings. The number of thioether (sulfide) groups is 1. The van der Waals surface area contributed by atoms with Crippen molar-refractivity contribution in [2.75, 3.05) is 19.3 Å². The first kappa shape index (κ1) is 18.6. The average molecular weight is 323 g/mol. The molecule has 0 aromatic heterocycles. The number of halogens is 2. The molecule has 19 heavy (non-hydrogen) atoms. The molecule has 6 heteroatoms. The normalized spacial score (nSPS) is 11.6. The third-order valence-corrected chi connectivity index (χ3v) is 4.00. The Labute approximate surface area is 130 Å². The highest BCUT2D eigenvalue weighted by Crippen LogP contribution is 2.17. The van der Waals surface area contributed by atoms with Gasteiger partial charge in [0.2, 0.25) is 5.91 Å². The highest BCUT2D eigenvalue weighted by Gasteiger charge is 2.13. The van der Waals surface area contributed by atoms with Gasteiger partial charge in [-0.25, -0.2) is 0 Å². The van der Waals surface area contributed by atoms with Crippen molar-refractivity contribution < 1.29 is 4.79 Å². The molecule has 1 unspecified atom stereocenters. The lowest BCUT2D eigenvalue weighted by Gasteiger charge is -2.23. The molecule has 3 nitrogen and oxygen atoms in total. The molecule has 1 aromatic carbocycles. The number of nitrogens with zero attached hydrogens (tertiary/aromatic N) is 1. The van der Waals surface area contributed by atoms with Crippen LogP contribution in [0.4, 0.5) is 0 Å². The molecule has 2 N–H and O–H groups in total. The molecule has 1 rings (SSSR count). The molecule has 0 fully saturated rings. The van der Waals surface area contributed by atoms with Crippen molar-refractivity contribution in [3.05, 3.63) is 34.9 Å². The van der Waals surface area contributed by atoms with Gasteiger partial charge < -0.3 is 10.6 Å². The monoisotopic (exact) mass is 322 g/mol. The molecule has 0 bridgehead atoms. The zero-order valence-electron chi connectivity index (χ0n) is 11.1. The van der Waals surface area contributed by atoms with Crippen LogP contribution in [0.15, 0.2) is 24.3 Å². The smallest absolute Gasteiger partial charge is 0.232 e. The van der Waals surface area contributed by atoms with Crippen molar-refractivity contribution in [2.45, 2.75) is 18.7 Å². The average Bonchev–Trinajstić information content (AvgIpc) is 2.36. The largest absolute Gasteiger partial charge is 0.341 e. The number of carbonyl (C=O) groups is 1. The molecule has 0 radical (unpaired) electrons. The van der Waals surface area contributed by atoms with Crippen molar-refractivity contribution in [1.29, 1.82) is 0 Å². The van der Waals surface area contributed by atoms with Gasteiger partial charge in [0.1, 0.15) is 0 Å². The SMILES string of the molecule is CC(CN)N(C)C(=O)CSCc1cccc(Cl)c1.Cl. The second-order valence-corrected chi connectivity index (χ2v) is 5.63. The van der Waals surface area contributed by atoms with E-state index in [-0.39, 0.29) is 24.4 Å². The minimum atomic E-state index is 0. The fourth-order valence-electron chi connectivity index (χ4n) is 1.39. The molecule has 0 saturated carbocycles. The predicted octanol–water partition coefficient (Wildman–Crippen LogP) is 2.80. The first-order valence-electron chi connectivity index (χ1n) is 5.82. The number of rotatable bonds is 6. The molecule has 108 valence electrons. The summed E-state index contributed by atoms with van der Waals surface area (Å²) in [7, 11) is 1.79. The highest BCUT2D eigenvalue weighted by atomic mass is 35.5. The van der Waals surface area contributed by atoms with Crippen LogP contribution in [0.3, 0.4) is 0 Å². The highest BCUT2D eigenvalue weighted by molar-refractivity contribution is 7.99. The summed E-state index contributed by atoms with van der Waals surface area (Å²) in [5, 5.41) is 0.730. The van der Waals surface area contributed by atoms with Gasteiger partial charge in [0.25, 0.3) is 0 Å². The maximum atomic E-state index is 11.8. The van der Waals surface area contributed by atoms with E-state index in [2.05, 4.69) is 0 Å². The van der Waals surface area contributed by atoms with Gasteiger partial charge in [-0.1, -0.05) is 23.7 Å². The Bertz CT molecular complexity index is 404. The van der Waals surface area contributed by atoms with E-state index in [9.17, 15) is 4.79 Å². The van der Waals surface area contributed by atoms with E-state index < -0.39 is 0 Å². The van der Waals surface area contributed by atoms with Gasteiger partial charge in [-0.2, -0.15) is 0 Å². The van der Waals surface area contributed by atoms with Crippen molar-refractivity contribution in [3.8, 4) is 0 Å². The minimum Gasteiger partial charge on any atom is -0.341 e. The molecule has 1 amide bonds. The first-order valence-corrected chi connectivity index (χ1v) is 7.35. The molecule has 0 saturated heterocycles. The maximum absolute atomic E-state index is 11.8. The molecular formula is C13H20Cl2N2OS. The summed E-state index contributed by atoms with van der Waals surface area (Å²) in [4.78, 5) is 13.5. The first-order chi connectivity index (χ1) is 8.54. The van der Waals surface area contributed by atoms with Gasteiger partial charge in [0, 0.05) is 30.4 Å². The van der Waals surface area contributed by atoms with Crippen molar-refractivity contribution in [2.24, 2.45) is 5.73 Å². The van der Waals surface area contributed by atoms with Crippen LogP contribution in [0.1, 0.15) is 12.5 Å². The van der Waals surface area contributed by atoms with Gasteiger partial charge in [0.15, 0.2) is 0 Å². The van der Waals surface area contributed by atoms with E-state index in [1.165, 1.54) is 0 Å². The molecule has 1 aromatic rings. The Morgan fingerprint density at radius 3 is 2.79 bits per heavy atom. The van der Waals surface area contributed by atoms with Gasteiger partial charge in [-0.15, -0.1) is 24.2 Å². The van der Waals surface area contributed by atoms with E-state index in [1.807, 2.05) is 31.2 Å². The topological polar surface area (TPSA) is 46.3 Å². The molecule has 0 spiro atoms. The summed E-state index contributed by atoms with van der Waals surface area (Å²) >= 11 is 7.49. The van der Waals surface area contributed by atoms with Gasteiger partial charge in [-0.05, 0) is 24.6 Å². The van der Waals surface area contributed by atoms with Crippen LogP contribution in [0.25, 0.3) is 0 Å². The van der Waals surface area contributed by atoms with Crippen LogP contribution < -0.4 is 5.73 Å². The van der Waals surface area contributed by atoms with Crippen LogP contribution in [-0.4, -0.2) is 36.2 Å². The lowest BCUT2D eigenvalue weighted by Crippen LogP contribution is -2.40. The minimum absolute atomic E-state index is 0. The van der Waals surface area contributed by atoms with E-state index in [0.29, 0.717) is 12.3 Å².